The summed E-state index contributed by atoms with van der Waals surface area (Å²) in [6, 6.07) is 8.85. The molecule has 1 aromatic heterocycles. The van der Waals surface area contributed by atoms with Crippen LogP contribution in [0.2, 0.25) is 0 Å². The first-order valence-electron chi connectivity index (χ1n) is 9.16. The van der Waals surface area contributed by atoms with Gasteiger partial charge in [-0.15, -0.1) is 5.10 Å². The van der Waals surface area contributed by atoms with E-state index >= 15 is 0 Å². The van der Waals surface area contributed by atoms with E-state index in [-0.39, 0.29) is 0 Å². The Morgan fingerprint density at radius 1 is 0.864 bits per heavy atom. The second kappa shape index (κ2) is 9.60. The second-order valence-electron chi connectivity index (χ2n) is 6.38. The van der Waals surface area contributed by atoms with Crippen LogP contribution in [-0.2, 0) is 0 Å². The number of aromatic nitrogens is 3. The van der Waals surface area contributed by atoms with Crippen LogP contribution in [0.5, 0.6) is 0 Å². The van der Waals surface area contributed by atoms with Gasteiger partial charge >= 0.3 is 0 Å². The van der Waals surface area contributed by atoms with E-state index < -0.39 is 0 Å². The average molecular weight is 301 g/mol. The Kier molecular flexibility index (Phi) is 7.41. The van der Waals surface area contributed by atoms with Crippen LogP contribution in [-0.4, -0.2) is 15.0 Å². The van der Waals surface area contributed by atoms with E-state index in [0.717, 1.165) is 5.52 Å². The Hall–Kier alpha value is -1.38. The minimum Gasteiger partial charge on any atom is -0.242 e. The third kappa shape index (κ3) is 4.82. The van der Waals surface area contributed by atoms with Crippen molar-refractivity contribution in [3.05, 3.63) is 24.3 Å². The number of unbranched alkanes of at least 4 members (excludes halogenated alkanes) is 6. The molecule has 0 spiro atoms. The number of hydrogen-bond donors (Lipinski definition) is 0. The molecule has 0 radical (unpaired) electrons. The molecule has 1 unspecified atom stereocenters. The fourth-order valence-corrected chi connectivity index (χ4v) is 3.16. The molecule has 0 aliphatic heterocycles. The van der Waals surface area contributed by atoms with E-state index in [2.05, 4.69) is 47.0 Å². The molecule has 0 aliphatic rings. The molecule has 0 bridgehead atoms. The molecule has 1 atom stereocenters. The zero-order valence-corrected chi connectivity index (χ0v) is 14.3. The lowest BCUT2D eigenvalue weighted by molar-refractivity contribution is 0.371. The molecule has 3 heteroatoms. The standard InChI is InChI=1S/C19H31N3/c1-3-5-7-8-10-14-17(13-9-6-4-2)22-19-16-12-11-15-18(19)20-21-22/h11-12,15-17H,3-10,13-14H2,1-2H3. The largest absolute Gasteiger partial charge is 0.242 e. The summed E-state index contributed by atoms with van der Waals surface area (Å²) >= 11 is 0. The fourth-order valence-electron chi connectivity index (χ4n) is 3.16. The predicted octanol–water partition coefficient (Wildman–Crippen LogP) is 5.91. The zero-order valence-electron chi connectivity index (χ0n) is 14.3. The Morgan fingerprint density at radius 3 is 2.27 bits per heavy atom. The van der Waals surface area contributed by atoms with Crippen molar-refractivity contribution in [3.63, 3.8) is 0 Å². The summed E-state index contributed by atoms with van der Waals surface area (Å²) in [4.78, 5) is 0. The molecule has 0 N–H and O–H groups in total. The van der Waals surface area contributed by atoms with E-state index in [1.54, 1.807) is 0 Å². The number of fused-ring (bicyclic) bond motifs is 1. The number of nitrogens with zero attached hydrogens (tertiary/aromatic N) is 3. The SMILES string of the molecule is CCCCCCCC(CCCCC)n1nnc2ccccc21. The topological polar surface area (TPSA) is 30.7 Å². The van der Waals surface area contributed by atoms with Crippen LogP contribution in [0.3, 0.4) is 0 Å². The third-order valence-corrected chi connectivity index (χ3v) is 4.51. The van der Waals surface area contributed by atoms with Crippen LogP contribution in [0.1, 0.15) is 84.1 Å². The first kappa shape index (κ1) is 17.0. The highest BCUT2D eigenvalue weighted by molar-refractivity contribution is 5.73. The Morgan fingerprint density at radius 2 is 1.50 bits per heavy atom. The van der Waals surface area contributed by atoms with Crippen LogP contribution >= 0.6 is 0 Å². The van der Waals surface area contributed by atoms with Gasteiger partial charge in [0.15, 0.2) is 0 Å². The van der Waals surface area contributed by atoms with Crippen LogP contribution in [0.25, 0.3) is 11.0 Å². The van der Waals surface area contributed by atoms with E-state index in [1.165, 1.54) is 69.7 Å². The van der Waals surface area contributed by atoms with Crippen molar-refractivity contribution in [2.45, 2.75) is 84.1 Å². The quantitative estimate of drug-likeness (QED) is 0.483. The first-order chi connectivity index (χ1) is 10.9. The highest BCUT2D eigenvalue weighted by atomic mass is 15.4. The lowest BCUT2D eigenvalue weighted by Crippen LogP contribution is -2.11. The maximum Gasteiger partial charge on any atom is 0.113 e. The third-order valence-electron chi connectivity index (χ3n) is 4.51. The summed E-state index contributed by atoms with van der Waals surface area (Å²) in [7, 11) is 0. The number of rotatable bonds is 11. The lowest BCUT2D eigenvalue weighted by Gasteiger charge is -2.18. The molecule has 22 heavy (non-hydrogen) atoms. The van der Waals surface area contributed by atoms with Gasteiger partial charge in [-0.1, -0.05) is 82.6 Å². The van der Waals surface area contributed by atoms with Gasteiger partial charge in [0.05, 0.1) is 11.6 Å². The van der Waals surface area contributed by atoms with Crippen molar-refractivity contribution in [1.82, 2.24) is 15.0 Å². The van der Waals surface area contributed by atoms with Crippen molar-refractivity contribution >= 4 is 11.0 Å². The summed E-state index contributed by atoms with van der Waals surface area (Å²) in [6.07, 6.45) is 13.1. The first-order valence-corrected chi connectivity index (χ1v) is 9.16. The minimum absolute atomic E-state index is 0.514. The van der Waals surface area contributed by atoms with E-state index in [0.29, 0.717) is 6.04 Å². The summed E-state index contributed by atoms with van der Waals surface area (Å²) in [5, 5.41) is 8.79. The Labute approximate surface area is 135 Å². The van der Waals surface area contributed by atoms with Gasteiger partial charge in [-0.2, -0.15) is 0 Å². The average Bonchev–Trinajstić information content (AvgIpc) is 2.97. The maximum absolute atomic E-state index is 4.46. The van der Waals surface area contributed by atoms with Gasteiger partial charge in [-0.3, -0.25) is 0 Å². The molecular formula is C19H31N3. The molecule has 1 aromatic carbocycles. The van der Waals surface area contributed by atoms with Crippen LogP contribution < -0.4 is 0 Å². The smallest absolute Gasteiger partial charge is 0.113 e. The highest BCUT2D eigenvalue weighted by Crippen LogP contribution is 2.25. The molecule has 1 heterocycles. The fraction of sp³-hybridized carbons (Fsp3) is 0.684. The summed E-state index contributed by atoms with van der Waals surface area (Å²) in [5.41, 5.74) is 2.21. The Balaban J connectivity index is 1.99. The van der Waals surface area contributed by atoms with Gasteiger partial charge in [0.25, 0.3) is 0 Å². The van der Waals surface area contributed by atoms with Gasteiger partial charge in [0.2, 0.25) is 0 Å². The molecule has 0 amide bonds. The van der Waals surface area contributed by atoms with Gasteiger partial charge in [-0.25, -0.2) is 4.68 Å². The molecule has 0 saturated carbocycles. The summed E-state index contributed by atoms with van der Waals surface area (Å²) < 4.78 is 2.19. The monoisotopic (exact) mass is 301 g/mol. The molecule has 2 rings (SSSR count). The van der Waals surface area contributed by atoms with E-state index in [1.807, 2.05) is 6.07 Å². The van der Waals surface area contributed by atoms with Crippen molar-refractivity contribution < 1.29 is 0 Å². The minimum atomic E-state index is 0.514. The summed E-state index contributed by atoms with van der Waals surface area (Å²) in [5.74, 6) is 0. The molecular weight excluding hydrogens is 270 g/mol. The summed E-state index contributed by atoms with van der Waals surface area (Å²) in [6.45, 7) is 4.54. The number of para-hydroxylation sites is 1. The van der Waals surface area contributed by atoms with Crippen molar-refractivity contribution in [1.29, 1.82) is 0 Å². The van der Waals surface area contributed by atoms with E-state index in [4.69, 9.17) is 0 Å². The van der Waals surface area contributed by atoms with Gasteiger partial charge in [0.1, 0.15) is 5.52 Å². The van der Waals surface area contributed by atoms with Crippen LogP contribution in [0.15, 0.2) is 24.3 Å². The molecule has 0 saturated heterocycles. The Bertz CT molecular complexity index is 532. The van der Waals surface area contributed by atoms with Crippen molar-refractivity contribution in [2.75, 3.05) is 0 Å². The van der Waals surface area contributed by atoms with E-state index in [9.17, 15) is 0 Å². The molecule has 3 nitrogen and oxygen atoms in total. The highest BCUT2D eigenvalue weighted by Gasteiger charge is 2.15. The van der Waals surface area contributed by atoms with Gasteiger partial charge in [0, 0.05) is 0 Å². The predicted molar refractivity (Wildman–Crippen MR) is 94.1 cm³/mol. The van der Waals surface area contributed by atoms with Crippen LogP contribution in [0, 0.1) is 0 Å². The lowest BCUT2D eigenvalue weighted by atomic mass is 10.0. The second-order valence-corrected chi connectivity index (χ2v) is 6.38. The molecule has 122 valence electrons. The number of benzene rings is 1. The molecule has 2 aromatic rings. The maximum atomic E-state index is 4.46. The van der Waals surface area contributed by atoms with Gasteiger partial charge in [-0.05, 0) is 25.0 Å². The zero-order chi connectivity index (χ0) is 15.6. The van der Waals surface area contributed by atoms with Crippen molar-refractivity contribution in [3.8, 4) is 0 Å². The molecule has 0 aliphatic carbocycles. The molecule has 0 fully saturated rings. The van der Waals surface area contributed by atoms with Gasteiger partial charge < -0.3 is 0 Å². The normalized spacial score (nSPS) is 12.8. The van der Waals surface area contributed by atoms with Crippen molar-refractivity contribution in [2.24, 2.45) is 0 Å². The van der Waals surface area contributed by atoms with Crippen LogP contribution in [0.4, 0.5) is 0 Å². The number of hydrogen-bond acceptors (Lipinski definition) is 2.